The predicted octanol–water partition coefficient (Wildman–Crippen LogP) is 7.60. The zero-order valence-electron chi connectivity index (χ0n) is 14.1. The summed E-state index contributed by atoms with van der Waals surface area (Å²) in [5.74, 6) is -48.9. The second-order valence-corrected chi connectivity index (χ2v) is 7.69. The van der Waals surface area contributed by atoms with Crippen LogP contribution in [0.15, 0.2) is 0 Å². The molecule has 0 radical (unpaired) electrons. The average Bonchev–Trinajstić information content (AvgIpc) is 2.52. The van der Waals surface area contributed by atoms with Crippen LogP contribution in [0.2, 0.25) is 0 Å². The first-order valence-electron chi connectivity index (χ1n) is 7.37. The van der Waals surface area contributed by atoms with Crippen molar-refractivity contribution in [3.8, 4) is 0 Å². The lowest BCUT2D eigenvalue weighted by molar-refractivity contribution is -0.454. The van der Waals surface area contributed by atoms with E-state index in [2.05, 4.69) is 0 Å². The van der Waals surface area contributed by atoms with E-state index >= 15 is 0 Å². The molecule has 0 N–H and O–H groups in total. The Labute approximate surface area is 167 Å². The van der Waals surface area contributed by atoms with E-state index in [1.54, 1.807) is 0 Å². The molecule has 0 bridgehead atoms. The Balaban J connectivity index is 6.50. The molecule has 0 aliphatic rings. The van der Waals surface area contributed by atoms with Crippen LogP contribution in [-0.2, 0) is 0 Å². The maximum Gasteiger partial charge on any atom is 0.460 e. The molecule has 0 aliphatic carbocycles. The summed E-state index contributed by atoms with van der Waals surface area (Å²) < 4.78 is 195. The quantitative estimate of drug-likeness (QED) is 0.150. The lowest BCUT2D eigenvalue weighted by Gasteiger charge is -2.43. The normalized spacial score (nSPS) is 18.0. The second-order valence-electron chi connectivity index (χ2n) is 6.09. The molecule has 2 unspecified atom stereocenters. The fourth-order valence-electron chi connectivity index (χ4n) is 2.02. The third-order valence-corrected chi connectivity index (χ3v) is 5.73. The third-order valence-electron chi connectivity index (χ3n) is 4.03. The molecule has 0 spiro atoms. The van der Waals surface area contributed by atoms with E-state index in [0.29, 0.717) is 0 Å². The summed E-state index contributed by atoms with van der Waals surface area (Å²) >= 11 is 1.06. The summed E-state index contributed by atoms with van der Waals surface area (Å²) in [7, 11) is 0. The summed E-state index contributed by atoms with van der Waals surface area (Å²) in [5.41, 5.74) is 0. The van der Waals surface area contributed by atoms with Crippen molar-refractivity contribution in [2.45, 2.75) is 72.3 Å². The highest BCUT2D eigenvalue weighted by Crippen LogP contribution is 2.63. The Kier molecular flexibility index (Phi) is 7.90. The van der Waals surface area contributed by atoms with Gasteiger partial charge in [0.2, 0.25) is 0 Å². The summed E-state index contributed by atoms with van der Waals surface area (Å²) in [6.45, 7) is 1.51. The van der Waals surface area contributed by atoms with Gasteiger partial charge in [0.25, 0.3) is 0 Å². The molecule has 0 heterocycles. The summed E-state index contributed by atoms with van der Waals surface area (Å²) in [6.07, 6.45) is -7.92. The van der Waals surface area contributed by atoms with E-state index < -0.39 is 51.6 Å². The molecule has 0 nitrogen and oxygen atoms in total. The van der Waals surface area contributed by atoms with Crippen LogP contribution >= 0.6 is 22.6 Å². The first-order chi connectivity index (χ1) is 12.4. The maximum atomic E-state index is 13.9. The molecular weight excluding hydrogens is 568 g/mol. The fraction of sp³-hybridized carbons (Fsp3) is 1.00. The molecule has 176 valence electrons. The topological polar surface area (TPSA) is 0 Å². The van der Waals surface area contributed by atoms with E-state index in [0.717, 1.165) is 22.6 Å². The summed E-state index contributed by atoms with van der Waals surface area (Å²) in [6, 6.07) is 0. The summed E-state index contributed by atoms with van der Waals surface area (Å²) in [5, 5.41) is 0. The Morgan fingerprint density at radius 3 is 1.21 bits per heavy atom. The van der Waals surface area contributed by atoms with Crippen LogP contribution in [0, 0.1) is 5.92 Å². The Hall–Kier alpha value is -0.320. The fourth-order valence-corrected chi connectivity index (χ4v) is 3.09. The van der Waals surface area contributed by atoms with Gasteiger partial charge in [-0.1, -0.05) is 42.9 Å². The molecule has 0 amide bonds. The van der Waals surface area contributed by atoms with Gasteiger partial charge in [-0.3, -0.25) is 0 Å². The number of rotatable bonds is 9. The van der Waals surface area contributed by atoms with Gasteiger partial charge in [0.15, 0.2) is 0 Å². The molecule has 0 aromatic heterocycles. The minimum atomic E-state index is -8.23. The molecule has 0 saturated carbocycles. The molecule has 2 atom stereocenters. The highest BCUT2D eigenvalue weighted by atomic mass is 127. The van der Waals surface area contributed by atoms with Crippen LogP contribution in [0.5, 0.6) is 0 Å². The van der Waals surface area contributed by atoms with E-state index in [1.165, 1.54) is 6.92 Å². The van der Waals surface area contributed by atoms with Gasteiger partial charge in [0.1, 0.15) is 0 Å². The van der Waals surface area contributed by atoms with Crippen molar-refractivity contribution in [3.63, 3.8) is 0 Å². The number of hydrogen-bond acceptors (Lipinski definition) is 0. The summed E-state index contributed by atoms with van der Waals surface area (Å²) in [4.78, 5) is 0. The van der Waals surface area contributed by atoms with Gasteiger partial charge in [0, 0.05) is 9.84 Å². The highest BCUT2D eigenvalue weighted by molar-refractivity contribution is 14.1. The predicted molar refractivity (Wildman–Crippen MR) is 77.6 cm³/mol. The standard InChI is InChI=1S/C13H12F15I/c1-3-4-6(29)5(2)7(14,15)8(16,17)9(18,19)10(20,21)11(22,23)12(24,25)13(26,27)28/h5-6H,3-4H2,1-2H3. The van der Waals surface area contributed by atoms with Crippen LogP contribution < -0.4 is 0 Å². The Bertz CT molecular complexity index is 565. The van der Waals surface area contributed by atoms with Gasteiger partial charge >= 0.3 is 41.7 Å². The van der Waals surface area contributed by atoms with E-state index in [1.807, 2.05) is 0 Å². The molecule has 16 heteroatoms. The zero-order chi connectivity index (χ0) is 24.1. The molecule has 0 aromatic carbocycles. The van der Waals surface area contributed by atoms with Crippen molar-refractivity contribution in [1.82, 2.24) is 0 Å². The first-order valence-corrected chi connectivity index (χ1v) is 8.61. The highest BCUT2D eigenvalue weighted by Gasteiger charge is 2.93. The van der Waals surface area contributed by atoms with Crippen molar-refractivity contribution in [1.29, 1.82) is 0 Å². The van der Waals surface area contributed by atoms with Crippen molar-refractivity contribution in [3.05, 3.63) is 0 Å². The van der Waals surface area contributed by atoms with E-state index in [-0.39, 0.29) is 19.8 Å². The lowest BCUT2D eigenvalue weighted by atomic mass is 9.85. The number of halogens is 16. The zero-order valence-corrected chi connectivity index (χ0v) is 16.3. The lowest BCUT2D eigenvalue weighted by Crippen LogP contribution is -2.73. The van der Waals surface area contributed by atoms with Gasteiger partial charge in [-0.2, -0.15) is 65.9 Å². The van der Waals surface area contributed by atoms with Gasteiger partial charge in [-0.25, -0.2) is 0 Å². The minimum Gasteiger partial charge on any atom is -0.199 e. The van der Waals surface area contributed by atoms with Gasteiger partial charge in [0.05, 0.1) is 0 Å². The number of hydrogen-bond donors (Lipinski definition) is 0. The van der Waals surface area contributed by atoms with Crippen LogP contribution in [-0.4, -0.2) is 45.6 Å². The molecule has 0 aromatic rings. The van der Waals surface area contributed by atoms with Crippen LogP contribution in [0.25, 0.3) is 0 Å². The monoisotopic (exact) mass is 580 g/mol. The Morgan fingerprint density at radius 1 is 0.586 bits per heavy atom. The van der Waals surface area contributed by atoms with Crippen LogP contribution in [0.4, 0.5) is 65.9 Å². The molecule has 29 heavy (non-hydrogen) atoms. The Morgan fingerprint density at radius 2 is 0.897 bits per heavy atom. The maximum absolute atomic E-state index is 13.9. The van der Waals surface area contributed by atoms with Crippen LogP contribution in [0.1, 0.15) is 26.7 Å². The van der Waals surface area contributed by atoms with Gasteiger partial charge in [-0.05, 0) is 6.42 Å². The smallest absolute Gasteiger partial charge is 0.199 e. The van der Waals surface area contributed by atoms with Crippen LogP contribution in [0.3, 0.4) is 0 Å². The minimum absolute atomic E-state index is 0.0159. The van der Waals surface area contributed by atoms with Gasteiger partial charge < -0.3 is 0 Å². The molecule has 0 fully saturated rings. The van der Waals surface area contributed by atoms with E-state index in [4.69, 9.17) is 0 Å². The largest absolute Gasteiger partial charge is 0.460 e. The van der Waals surface area contributed by atoms with Crippen molar-refractivity contribution in [2.75, 3.05) is 0 Å². The number of alkyl halides is 16. The van der Waals surface area contributed by atoms with Crippen molar-refractivity contribution in [2.24, 2.45) is 5.92 Å². The molecule has 0 rings (SSSR count). The molecule has 0 saturated heterocycles. The van der Waals surface area contributed by atoms with E-state index in [9.17, 15) is 65.9 Å². The molecular formula is C13H12F15I. The second kappa shape index (κ2) is 7.98. The average molecular weight is 580 g/mol. The molecule has 0 aliphatic heterocycles. The van der Waals surface area contributed by atoms with Crippen molar-refractivity contribution < 1.29 is 65.9 Å². The first kappa shape index (κ1) is 28.7. The SMILES string of the molecule is CCCC(I)C(C)C(F)(F)C(F)(F)C(F)(F)C(F)(F)C(F)(F)C(F)(F)C(F)(F)F. The van der Waals surface area contributed by atoms with Gasteiger partial charge in [-0.15, -0.1) is 0 Å². The van der Waals surface area contributed by atoms with Crippen molar-refractivity contribution >= 4 is 22.6 Å². The third kappa shape index (κ3) is 4.11.